The molecule has 0 radical (unpaired) electrons. The van der Waals surface area contributed by atoms with Crippen LogP contribution in [-0.2, 0) is 11.2 Å². The van der Waals surface area contributed by atoms with Crippen LogP contribution < -0.4 is 4.90 Å². The van der Waals surface area contributed by atoms with Gasteiger partial charge in [0.2, 0.25) is 5.91 Å². The Hall–Kier alpha value is -3.03. The SMILES string of the molecule is C/C=C/C(=O)N1CCN(c2ncnc3c(F)c([C@H]4C[C@](C)(O)Cc5ccccc54)c(Cl)cc23)CC1. The van der Waals surface area contributed by atoms with Gasteiger partial charge >= 0.3 is 0 Å². The summed E-state index contributed by atoms with van der Waals surface area (Å²) < 4.78 is 16.1. The van der Waals surface area contributed by atoms with E-state index in [4.69, 9.17) is 11.6 Å². The molecule has 8 heteroatoms. The number of piperazine rings is 1. The molecule has 1 aliphatic heterocycles. The highest BCUT2D eigenvalue weighted by Gasteiger charge is 2.37. The Morgan fingerprint density at radius 1 is 1.23 bits per heavy atom. The smallest absolute Gasteiger partial charge is 0.246 e. The predicted octanol–water partition coefficient (Wildman–Crippen LogP) is 4.48. The third-order valence-corrected chi connectivity index (χ3v) is 7.34. The maximum absolute atomic E-state index is 16.1. The van der Waals surface area contributed by atoms with Crippen LogP contribution in [0, 0.1) is 5.82 Å². The molecule has 1 fully saturated rings. The van der Waals surface area contributed by atoms with Crippen molar-refractivity contribution in [2.45, 2.75) is 38.2 Å². The Morgan fingerprint density at radius 2 is 1.97 bits per heavy atom. The molecule has 1 aromatic heterocycles. The van der Waals surface area contributed by atoms with E-state index in [1.165, 1.54) is 6.33 Å². The Kier molecular flexibility index (Phi) is 6.23. The van der Waals surface area contributed by atoms with Crippen LogP contribution >= 0.6 is 11.6 Å². The molecule has 182 valence electrons. The molecule has 5 rings (SSSR count). The predicted molar refractivity (Wildman–Crippen MR) is 135 cm³/mol. The molecule has 6 nitrogen and oxygen atoms in total. The van der Waals surface area contributed by atoms with Crippen LogP contribution in [0.3, 0.4) is 0 Å². The van der Waals surface area contributed by atoms with Gasteiger partial charge in [-0.25, -0.2) is 14.4 Å². The van der Waals surface area contributed by atoms with E-state index in [-0.39, 0.29) is 17.3 Å². The highest BCUT2D eigenvalue weighted by atomic mass is 35.5. The summed E-state index contributed by atoms with van der Waals surface area (Å²) in [6.45, 7) is 5.86. The van der Waals surface area contributed by atoms with E-state index in [0.717, 1.165) is 11.1 Å². The van der Waals surface area contributed by atoms with Gasteiger partial charge in [-0.05, 0) is 43.5 Å². The number of nitrogens with zero attached hydrogens (tertiary/aromatic N) is 4. The van der Waals surface area contributed by atoms with Gasteiger partial charge < -0.3 is 14.9 Å². The summed E-state index contributed by atoms with van der Waals surface area (Å²) in [6, 6.07) is 9.56. The maximum atomic E-state index is 16.1. The summed E-state index contributed by atoms with van der Waals surface area (Å²) in [7, 11) is 0. The lowest BCUT2D eigenvalue weighted by molar-refractivity contribution is -0.126. The Balaban J connectivity index is 1.53. The topological polar surface area (TPSA) is 69.6 Å². The molecule has 2 aromatic carbocycles. The standard InChI is InChI=1S/C27H28ClFN4O2/c1-3-6-22(34)32-9-11-33(12-10-32)26-19-13-21(28)23(24(29)25(19)30-16-31-26)20-15-27(2,35)14-17-7-4-5-8-18(17)20/h3-8,13,16,20,35H,9-12,14-15H2,1-2H3/b6-3+/t20-,27+/m0/s1. The quantitative estimate of drug-likeness (QED) is 0.544. The fraction of sp³-hybridized carbons (Fsp3) is 0.370. The first-order valence-corrected chi connectivity index (χ1v) is 12.3. The molecule has 0 spiro atoms. The summed E-state index contributed by atoms with van der Waals surface area (Å²) in [6.07, 6.45) is 5.56. The van der Waals surface area contributed by atoms with Gasteiger partial charge in [-0.15, -0.1) is 0 Å². The average molecular weight is 495 g/mol. The first kappa shape index (κ1) is 23.7. The molecule has 2 aliphatic rings. The summed E-state index contributed by atoms with van der Waals surface area (Å²) in [4.78, 5) is 24.7. The Labute approximate surface area is 209 Å². The van der Waals surface area contributed by atoms with E-state index in [0.29, 0.717) is 60.8 Å². The number of carbonyl (C=O) groups is 1. The zero-order valence-corrected chi connectivity index (χ0v) is 20.6. The second-order valence-electron chi connectivity index (χ2n) is 9.62. The number of fused-ring (bicyclic) bond motifs is 2. The molecule has 35 heavy (non-hydrogen) atoms. The molecule has 3 aromatic rings. The van der Waals surface area contributed by atoms with E-state index >= 15 is 4.39 Å². The number of amides is 1. The largest absolute Gasteiger partial charge is 0.390 e. The lowest BCUT2D eigenvalue weighted by atomic mass is 9.72. The summed E-state index contributed by atoms with van der Waals surface area (Å²) in [5.74, 6) is -0.263. The van der Waals surface area contributed by atoms with Crippen molar-refractivity contribution in [1.82, 2.24) is 14.9 Å². The lowest BCUT2D eigenvalue weighted by Gasteiger charge is -2.37. The van der Waals surface area contributed by atoms with Crippen LogP contribution in [0.1, 0.15) is 42.9 Å². The number of carbonyl (C=O) groups excluding carboxylic acids is 1. The third kappa shape index (κ3) is 4.39. The van der Waals surface area contributed by atoms with Gasteiger partial charge in [0.05, 0.1) is 5.60 Å². The van der Waals surface area contributed by atoms with Crippen LogP contribution in [0.5, 0.6) is 0 Å². The highest BCUT2D eigenvalue weighted by Crippen LogP contribution is 2.45. The van der Waals surface area contributed by atoms with Crippen molar-refractivity contribution in [3.8, 4) is 0 Å². The number of allylic oxidation sites excluding steroid dienone is 1. The molecule has 1 amide bonds. The number of rotatable bonds is 3. The van der Waals surface area contributed by atoms with Crippen molar-refractivity contribution in [1.29, 1.82) is 0 Å². The average Bonchev–Trinajstić information content (AvgIpc) is 2.83. The van der Waals surface area contributed by atoms with Gasteiger partial charge in [0.25, 0.3) is 0 Å². The summed E-state index contributed by atoms with van der Waals surface area (Å²) >= 11 is 6.76. The van der Waals surface area contributed by atoms with Crippen molar-refractivity contribution in [2.75, 3.05) is 31.1 Å². The first-order chi connectivity index (χ1) is 16.8. The van der Waals surface area contributed by atoms with Crippen LogP contribution in [0.2, 0.25) is 5.02 Å². The van der Waals surface area contributed by atoms with E-state index in [1.807, 2.05) is 36.1 Å². The molecule has 2 heterocycles. The highest BCUT2D eigenvalue weighted by molar-refractivity contribution is 6.32. The van der Waals surface area contributed by atoms with E-state index in [9.17, 15) is 9.90 Å². The molecule has 0 unspecified atom stereocenters. The third-order valence-electron chi connectivity index (χ3n) is 7.03. The number of hydrogen-bond donors (Lipinski definition) is 1. The van der Waals surface area contributed by atoms with Crippen LogP contribution in [0.25, 0.3) is 10.9 Å². The van der Waals surface area contributed by atoms with Gasteiger partial charge in [-0.1, -0.05) is 41.9 Å². The van der Waals surface area contributed by atoms with Gasteiger partial charge in [-0.3, -0.25) is 4.79 Å². The van der Waals surface area contributed by atoms with Crippen LogP contribution in [-0.4, -0.2) is 57.7 Å². The zero-order chi connectivity index (χ0) is 24.7. The fourth-order valence-electron chi connectivity index (χ4n) is 5.41. The number of aromatic nitrogens is 2. The fourth-order valence-corrected chi connectivity index (χ4v) is 5.74. The van der Waals surface area contributed by atoms with E-state index in [2.05, 4.69) is 9.97 Å². The number of hydrogen-bond acceptors (Lipinski definition) is 5. The van der Waals surface area contributed by atoms with Crippen LogP contribution in [0.4, 0.5) is 10.2 Å². The van der Waals surface area contributed by atoms with Gasteiger partial charge in [0.1, 0.15) is 17.7 Å². The van der Waals surface area contributed by atoms with Gasteiger partial charge in [0, 0.05) is 54.5 Å². The van der Waals surface area contributed by atoms with Crippen molar-refractivity contribution in [2.24, 2.45) is 0 Å². The van der Waals surface area contributed by atoms with Crippen LogP contribution in [0.15, 0.2) is 48.8 Å². The normalized spacial score (nSPS) is 22.6. The minimum absolute atomic E-state index is 0.0120. The zero-order valence-electron chi connectivity index (χ0n) is 19.8. The molecule has 1 saturated heterocycles. The van der Waals surface area contributed by atoms with Gasteiger partial charge in [-0.2, -0.15) is 0 Å². The van der Waals surface area contributed by atoms with Crippen molar-refractivity contribution in [3.05, 3.63) is 76.3 Å². The molecule has 0 saturated carbocycles. The minimum atomic E-state index is -0.968. The minimum Gasteiger partial charge on any atom is -0.390 e. The molecule has 0 bridgehead atoms. The second-order valence-corrected chi connectivity index (χ2v) is 10.0. The molecule has 1 aliphatic carbocycles. The molecule has 2 atom stereocenters. The second kappa shape index (κ2) is 9.21. The number of benzene rings is 2. The monoisotopic (exact) mass is 494 g/mol. The van der Waals surface area contributed by atoms with Crippen molar-refractivity contribution in [3.63, 3.8) is 0 Å². The van der Waals surface area contributed by atoms with Crippen molar-refractivity contribution >= 4 is 34.2 Å². The lowest BCUT2D eigenvalue weighted by Crippen LogP contribution is -2.48. The summed E-state index contributed by atoms with van der Waals surface area (Å²) in [5.41, 5.74) is 1.58. The molecule has 1 N–H and O–H groups in total. The molecular formula is C27H28ClFN4O2. The van der Waals surface area contributed by atoms with Gasteiger partial charge in [0.15, 0.2) is 5.82 Å². The molecular weight excluding hydrogens is 467 g/mol. The van der Waals surface area contributed by atoms with E-state index in [1.54, 1.807) is 30.0 Å². The number of halogens is 2. The Morgan fingerprint density at radius 3 is 2.71 bits per heavy atom. The summed E-state index contributed by atoms with van der Waals surface area (Å²) in [5, 5.41) is 11.8. The maximum Gasteiger partial charge on any atom is 0.246 e. The van der Waals surface area contributed by atoms with E-state index < -0.39 is 11.4 Å². The Bertz CT molecular complexity index is 1320. The van der Waals surface area contributed by atoms with Crippen molar-refractivity contribution < 1.29 is 14.3 Å². The first-order valence-electron chi connectivity index (χ1n) is 11.9. The number of anilines is 1. The number of aliphatic hydroxyl groups is 1.